The van der Waals surface area contributed by atoms with Crippen molar-refractivity contribution in [3.05, 3.63) is 142 Å². The topological polar surface area (TPSA) is 141 Å². The van der Waals surface area contributed by atoms with Gasteiger partial charge >= 0.3 is 18.0 Å². The third-order valence-corrected chi connectivity index (χ3v) is 10.9. The summed E-state index contributed by atoms with van der Waals surface area (Å²) in [4.78, 5) is 62.4. The number of esters is 2. The first-order valence-corrected chi connectivity index (χ1v) is 18.9. The number of hydrogen-bond donors (Lipinski definition) is 1. The highest BCUT2D eigenvalue weighted by atomic mass is 127. The largest absolute Gasteiger partial charge is 0.491 e. The van der Waals surface area contributed by atoms with Crippen LogP contribution in [-0.4, -0.2) is 80.1 Å². The highest BCUT2D eigenvalue weighted by molar-refractivity contribution is 14.1. The number of fused-ring (bicyclic) bond motifs is 3. The number of benzene rings is 4. The molecule has 1 unspecified atom stereocenters. The number of aliphatic hydroxyl groups excluding tert-OH is 1. The summed E-state index contributed by atoms with van der Waals surface area (Å²) < 4.78 is 29.7. The number of para-hydroxylation sites is 1. The maximum Gasteiger partial charge on any atom is 0.421 e. The van der Waals surface area contributed by atoms with E-state index in [1.165, 1.54) is 13.2 Å². The molecule has 2 fully saturated rings. The first-order chi connectivity index (χ1) is 26.8. The van der Waals surface area contributed by atoms with E-state index in [-0.39, 0.29) is 38.7 Å². The van der Waals surface area contributed by atoms with Crippen LogP contribution in [0.1, 0.15) is 40.4 Å². The van der Waals surface area contributed by atoms with E-state index in [9.17, 15) is 19.5 Å². The van der Waals surface area contributed by atoms with Crippen LogP contribution in [0.15, 0.2) is 116 Å². The number of halogens is 1. The smallest absolute Gasteiger partial charge is 0.421 e. The van der Waals surface area contributed by atoms with Crippen LogP contribution in [0.2, 0.25) is 0 Å². The summed E-state index contributed by atoms with van der Waals surface area (Å²) in [6, 6.07) is 27.5. The van der Waals surface area contributed by atoms with Crippen LogP contribution in [0.25, 0.3) is 0 Å². The Morgan fingerprint density at radius 3 is 2.27 bits per heavy atom. The third kappa shape index (κ3) is 6.58. The minimum absolute atomic E-state index is 0.0779. The van der Waals surface area contributed by atoms with Crippen molar-refractivity contribution in [1.82, 2.24) is 4.90 Å². The highest BCUT2D eigenvalue weighted by Crippen LogP contribution is 2.66. The molecule has 1 N–H and O–H groups in total. The second-order valence-electron chi connectivity index (χ2n) is 13.2. The molecule has 0 saturated carbocycles. The lowest BCUT2D eigenvalue weighted by Crippen LogP contribution is -2.53. The zero-order valence-electron chi connectivity index (χ0n) is 29.9. The Balaban J connectivity index is 1.59. The van der Waals surface area contributed by atoms with E-state index in [4.69, 9.17) is 23.7 Å². The quantitative estimate of drug-likeness (QED) is 0.0605. The number of carbonyl (C=O) groups is 4. The SMILES string of the molecule is C=CCOC(=O)C1[C@@H]2C(=O)O[C@@H](c3ccccc3)[C@@H](c3ccccc3)N2[C@@H](c2ccccc2OCCO)[C@]12C(=O)N(C(=O)OCCOC)c1ccc(I)cc12. The van der Waals surface area contributed by atoms with Gasteiger partial charge in [-0.3, -0.25) is 19.3 Å². The Hall–Kier alpha value is -5.09. The first-order valence-electron chi connectivity index (χ1n) is 17.8. The minimum atomic E-state index is -2.00. The zero-order chi connectivity index (χ0) is 38.7. The van der Waals surface area contributed by atoms with E-state index in [1.54, 1.807) is 42.5 Å². The lowest BCUT2D eigenvalue weighted by Gasteiger charge is -2.46. The molecule has 3 aliphatic rings. The fourth-order valence-electron chi connectivity index (χ4n) is 8.30. The monoisotopic (exact) mass is 858 g/mol. The molecule has 4 aromatic rings. The summed E-state index contributed by atoms with van der Waals surface area (Å²) in [5, 5.41) is 9.86. The molecule has 284 valence electrons. The molecule has 6 atom stereocenters. The number of anilines is 1. The lowest BCUT2D eigenvalue weighted by molar-refractivity contribution is -0.180. The summed E-state index contributed by atoms with van der Waals surface area (Å²) in [6.45, 7) is 3.05. The molecule has 7 rings (SSSR count). The number of hydrogen-bond acceptors (Lipinski definition) is 11. The summed E-state index contributed by atoms with van der Waals surface area (Å²) >= 11 is 2.12. The average Bonchev–Trinajstić information content (AvgIpc) is 3.66. The van der Waals surface area contributed by atoms with Crippen LogP contribution in [0, 0.1) is 9.49 Å². The lowest BCUT2D eigenvalue weighted by atomic mass is 9.65. The van der Waals surface area contributed by atoms with E-state index >= 15 is 4.79 Å². The Bertz CT molecular complexity index is 2080. The fourth-order valence-corrected chi connectivity index (χ4v) is 8.79. The van der Waals surface area contributed by atoms with Crippen LogP contribution in [0.5, 0.6) is 5.75 Å². The molecule has 3 aliphatic heterocycles. The molecule has 0 aliphatic carbocycles. The fraction of sp³-hybridized carbons (Fsp3) is 0.286. The van der Waals surface area contributed by atoms with Crippen LogP contribution in [0.3, 0.4) is 0 Å². The minimum Gasteiger partial charge on any atom is -0.491 e. The number of morpholine rings is 1. The number of aliphatic hydroxyl groups is 1. The Morgan fingerprint density at radius 2 is 1.58 bits per heavy atom. The van der Waals surface area contributed by atoms with E-state index < -0.39 is 59.5 Å². The predicted molar refractivity (Wildman–Crippen MR) is 208 cm³/mol. The van der Waals surface area contributed by atoms with Crippen molar-refractivity contribution in [2.75, 3.05) is 45.0 Å². The van der Waals surface area contributed by atoms with Crippen molar-refractivity contribution >= 4 is 52.2 Å². The maximum atomic E-state index is 15.8. The molecule has 3 heterocycles. The number of nitrogens with zero attached hydrogens (tertiary/aromatic N) is 2. The molecule has 2 amide bonds. The number of carbonyl (C=O) groups excluding carboxylic acids is 4. The van der Waals surface area contributed by atoms with Crippen molar-refractivity contribution in [1.29, 1.82) is 0 Å². The first kappa shape index (κ1) is 38.2. The predicted octanol–water partition coefficient (Wildman–Crippen LogP) is 5.84. The number of cyclic esters (lactones) is 1. The second kappa shape index (κ2) is 16.3. The summed E-state index contributed by atoms with van der Waals surface area (Å²) in [6.07, 6.45) is -0.475. The molecule has 0 bridgehead atoms. The molecule has 55 heavy (non-hydrogen) atoms. The molecule has 0 aromatic heterocycles. The van der Waals surface area contributed by atoms with Gasteiger partial charge in [-0.25, -0.2) is 9.69 Å². The Morgan fingerprint density at radius 1 is 0.891 bits per heavy atom. The number of ether oxygens (including phenoxy) is 5. The van der Waals surface area contributed by atoms with Gasteiger partial charge in [-0.15, -0.1) is 0 Å². The van der Waals surface area contributed by atoms with Gasteiger partial charge < -0.3 is 28.8 Å². The molecule has 4 aromatic carbocycles. The number of rotatable bonds is 12. The third-order valence-electron chi connectivity index (χ3n) is 10.3. The second-order valence-corrected chi connectivity index (χ2v) is 14.4. The van der Waals surface area contributed by atoms with Gasteiger partial charge in [0.05, 0.1) is 31.0 Å². The number of methoxy groups -OCH3 is 1. The van der Waals surface area contributed by atoms with Gasteiger partial charge in [-0.1, -0.05) is 91.5 Å². The van der Waals surface area contributed by atoms with Crippen molar-refractivity contribution < 1.29 is 48.0 Å². The molecular weight excluding hydrogens is 819 g/mol. The van der Waals surface area contributed by atoms with Gasteiger partial charge in [0.25, 0.3) is 0 Å². The number of imide groups is 1. The highest BCUT2D eigenvalue weighted by Gasteiger charge is 2.76. The molecule has 13 heteroatoms. The standard InChI is InChI=1S/C42H39IN2O10/c1-3-21-53-38(47)33-35-39(48)55-36(27-14-8-5-9-15-27)34(26-12-6-4-7-13-26)45(35)37(29-16-10-11-17-32(29)52-22-20-46)42(33)30-25-28(43)18-19-31(30)44(40(42)49)41(50)54-24-23-51-2/h3-19,25,33-37,46H,1,20-24H2,2H3/t33?,34-,35-,36+,37+,42-/m1/s1. The van der Waals surface area contributed by atoms with Gasteiger partial charge in [0, 0.05) is 16.2 Å². The zero-order valence-corrected chi connectivity index (χ0v) is 32.1. The Labute approximate surface area is 331 Å². The molecular formula is C42H39IN2O10. The summed E-state index contributed by atoms with van der Waals surface area (Å²) in [5.41, 5.74) is 0.380. The molecule has 0 radical (unpaired) electrons. The van der Waals surface area contributed by atoms with Crippen LogP contribution in [0.4, 0.5) is 10.5 Å². The molecule has 2 saturated heterocycles. The van der Waals surface area contributed by atoms with Crippen LogP contribution in [-0.2, 0) is 38.7 Å². The van der Waals surface area contributed by atoms with Gasteiger partial charge in [0.1, 0.15) is 49.0 Å². The molecule has 1 spiro atoms. The van der Waals surface area contributed by atoms with E-state index in [0.29, 0.717) is 26.0 Å². The van der Waals surface area contributed by atoms with Gasteiger partial charge in [-0.2, -0.15) is 0 Å². The Kier molecular flexibility index (Phi) is 11.3. The van der Waals surface area contributed by atoms with Crippen LogP contribution < -0.4 is 9.64 Å². The maximum absolute atomic E-state index is 15.8. The average molecular weight is 859 g/mol. The summed E-state index contributed by atoms with van der Waals surface area (Å²) in [5.74, 6) is -3.65. The van der Waals surface area contributed by atoms with Gasteiger partial charge in [0.2, 0.25) is 5.91 Å². The summed E-state index contributed by atoms with van der Waals surface area (Å²) in [7, 11) is 1.46. The van der Waals surface area contributed by atoms with E-state index in [1.807, 2.05) is 65.6 Å². The van der Waals surface area contributed by atoms with E-state index in [0.717, 1.165) is 10.5 Å². The van der Waals surface area contributed by atoms with Crippen molar-refractivity contribution in [3.63, 3.8) is 0 Å². The number of amides is 2. The van der Waals surface area contributed by atoms with Gasteiger partial charge in [-0.05, 0) is 63.5 Å². The van der Waals surface area contributed by atoms with Gasteiger partial charge in [0.15, 0.2) is 0 Å². The van der Waals surface area contributed by atoms with Crippen LogP contribution >= 0.6 is 22.6 Å². The van der Waals surface area contributed by atoms with Crippen molar-refractivity contribution in [2.45, 2.75) is 29.6 Å². The van der Waals surface area contributed by atoms with E-state index in [2.05, 4.69) is 29.2 Å². The normalized spacial score (nSPS) is 24.2. The molecule has 12 nitrogen and oxygen atoms in total. The van der Waals surface area contributed by atoms with Crippen molar-refractivity contribution in [3.8, 4) is 5.75 Å². The van der Waals surface area contributed by atoms with Crippen molar-refractivity contribution in [2.24, 2.45) is 5.92 Å².